The summed E-state index contributed by atoms with van der Waals surface area (Å²) in [5.74, 6) is -3.40. The number of carboxylic acids is 2. The van der Waals surface area contributed by atoms with Gasteiger partial charge in [-0.05, 0) is 148 Å². The maximum atomic E-state index is 12.9. The fourth-order valence-corrected chi connectivity index (χ4v) is 12.5. The van der Waals surface area contributed by atoms with Crippen LogP contribution in [0.25, 0.3) is 0 Å². The van der Waals surface area contributed by atoms with Crippen LogP contribution in [0.1, 0.15) is 84.2 Å². The Bertz CT molecular complexity index is 1470. The number of rotatable bonds is 15. The lowest BCUT2D eigenvalue weighted by atomic mass is 10.1. The first-order valence-corrected chi connectivity index (χ1v) is 20.0. The first-order valence-electron chi connectivity index (χ1n) is 13.5. The average Bonchev–Trinajstić information content (AvgIpc) is 2.98. The smallest absolute Gasteiger partial charge is 0.337 e. The van der Waals surface area contributed by atoms with Gasteiger partial charge in [-0.1, -0.05) is 13.8 Å². The number of nitrogens with one attached hydrogen (secondary N) is 4. The van der Waals surface area contributed by atoms with Crippen molar-refractivity contribution in [3.8, 4) is 0 Å². The number of carboxylic acid groups (broad SMARTS) is 2. The Hall–Kier alpha value is -0.360. The quantitative estimate of drug-likeness (QED) is 0.0820. The van der Waals surface area contributed by atoms with E-state index in [-0.39, 0.29) is 73.5 Å². The second-order valence-corrected chi connectivity index (χ2v) is 16.0. The van der Waals surface area contributed by atoms with Gasteiger partial charge in [-0.15, -0.1) is 0 Å². The zero-order valence-electron chi connectivity index (χ0n) is 24.3. The highest BCUT2D eigenvalue weighted by atomic mass is 127. The molecule has 2 aromatic rings. The molecule has 0 saturated carbocycles. The monoisotopic (exact) mass is 1310 g/mol. The summed E-state index contributed by atoms with van der Waals surface area (Å²) in [4.78, 5) is 73.6. The molecule has 0 bridgehead atoms. The molecule has 0 aliphatic carbocycles. The van der Waals surface area contributed by atoms with Crippen LogP contribution in [0.2, 0.25) is 0 Å². The van der Waals surface area contributed by atoms with E-state index in [0.717, 1.165) is 0 Å². The molecule has 0 radical (unpaired) electrons. The lowest BCUT2D eigenvalue weighted by molar-refractivity contribution is -0.121. The standard InChI is InChI=1S/C28H28I6N4O8/c1-3-13(39)35-9-11-19(29)17(27(43)44)23(33)25(21(11)31)37-15(41)7-5-6-8-16(42)38-26-22(32)12(10-36-14(40)4-2)20(30)18(24(26)34)28(45)46/h3-10H2,1-2H3,(H,35,39)(H,36,40)(H,37,41)(H,38,42)(H,43,44)(H,45,46). The van der Waals surface area contributed by atoms with Crippen LogP contribution in [0.4, 0.5) is 11.4 Å². The van der Waals surface area contributed by atoms with E-state index in [9.17, 15) is 39.0 Å². The van der Waals surface area contributed by atoms with E-state index in [0.29, 0.717) is 56.8 Å². The third-order valence-corrected chi connectivity index (χ3v) is 13.3. The fourth-order valence-electron chi connectivity index (χ4n) is 3.94. The molecule has 4 amide bonds. The second kappa shape index (κ2) is 19.7. The molecule has 0 fully saturated rings. The molecule has 0 saturated heterocycles. The van der Waals surface area contributed by atoms with Gasteiger partial charge in [0.15, 0.2) is 0 Å². The summed E-state index contributed by atoms with van der Waals surface area (Å²) in [5, 5.41) is 30.8. The zero-order chi connectivity index (χ0) is 34.9. The van der Waals surface area contributed by atoms with Crippen molar-refractivity contribution in [3.05, 3.63) is 43.7 Å². The molecule has 12 nitrogen and oxygen atoms in total. The van der Waals surface area contributed by atoms with E-state index < -0.39 is 11.9 Å². The number of anilines is 2. The van der Waals surface area contributed by atoms with E-state index in [2.05, 4.69) is 21.3 Å². The summed E-state index contributed by atoms with van der Waals surface area (Å²) in [6.45, 7) is 3.64. The fraction of sp³-hybridized carbons (Fsp3) is 0.357. The third-order valence-electron chi connectivity index (χ3n) is 6.40. The van der Waals surface area contributed by atoms with Crippen LogP contribution in [0.3, 0.4) is 0 Å². The molecule has 0 aliphatic heterocycles. The Morgan fingerprint density at radius 1 is 0.522 bits per heavy atom. The molecule has 18 heteroatoms. The molecule has 0 aromatic heterocycles. The molecule has 46 heavy (non-hydrogen) atoms. The van der Waals surface area contributed by atoms with Crippen molar-refractivity contribution in [2.45, 2.75) is 65.5 Å². The van der Waals surface area contributed by atoms with Crippen LogP contribution >= 0.6 is 136 Å². The van der Waals surface area contributed by atoms with Crippen molar-refractivity contribution in [1.29, 1.82) is 0 Å². The van der Waals surface area contributed by atoms with Crippen molar-refractivity contribution in [1.82, 2.24) is 10.6 Å². The molecule has 0 heterocycles. The summed E-state index contributed by atoms with van der Waals surface area (Å²) in [5.41, 5.74) is 1.97. The minimum Gasteiger partial charge on any atom is -0.478 e. The summed E-state index contributed by atoms with van der Waals surface area (Å²) < 4.78 is 2.94. The molecular weight excluding hydrogens is 1280 g/mol. The number of amides is 4. The lowest BCUT2D eigenvalue weighted by Crippen LogP contribution is -2.25. The third kappa shape index (κ3) is 11.1. The van der Waals surface area contributed by atoms with E-state index >= 15 is 0 Å². The first kappa shape index (κ1) is 41.8. The van der Waals surface area contributed by atoms with Gasteiger partial charge < -0.3 is 31.5 Å². The number of hydrogen-bond donors (Lipinski definition) is 6. The number of carbonyl (C=O) groups excluding carboxylic acids is 4. The Morgan fingerprint density at radius 3 is 1.13 bits per heavy atom. The van der Waals surface area contributed by atoms with E-state index in [1.165, 1.54) is 0 Å². The van der Waals surface area contributed by atoms with Crippen molar-refractivity contribution in [3.63, 3.8) is 0 Å². The Morgan fingerprint density at radius 2 is 0.848 bits per heavy atom. The maximum Gasteiger partial charge on any atom is 0.337 e. The van der Waals surface area contributed by atoms with Crippen LogP contribution in [0, 0.1) is 21.4 Å². The van der Waals surface area contributed by atoms with Crippen LogP contribution < -0.4 is 21.3 Å². The highest BCUT2D eigenvalue weighted by molar-refractivity contribution is 14.1. The van der Waals surface area contributed by atoms with Crippen molar-refractivity contribution in [2.24, 2.45) is 0 Å². The van der Waals surface area contributed by atoms with Gasteiger partial charge in [-0.2, -0.15) is 0 Å². The molecular formula is C28H28I6N4O8. The Balaban J connectivity index is 2.14. The predicted molar refractivity (Wildman–Crippen MR) is 223 cm³/mol. The zero-order valence-corrected chi connectivity index (χ0v) is 37.2. The van der Waals surface area contributed by atoms with E-state index in [4.69, 9.17) is 0 Å². The van der Waals surface area contributed by atoms with Crippen molar-refractivity contribution < 1.29 is 39.0 Å². The number of carbonyl (C=O) groups is 6. The second-order valence-electron chi connectivity index (χ2n) is 9.52. The van der Waals surface area contributed by atoms with Crippen molar-refractivity contribution >= 4 is 182 Å². The van der Waals surface area contributed by atoms with Crippen LogP contribution in [0.5, 0.6) is 0 Å². The van der Waals surface area contributed by atoms with Crippen molar-refractivity contribution in [2.75, 3.05) is 10.6 Å². The van der Waals surface area contributed by atoms with Gasteiger partial charge in [0.2, 0.25) is 23.6 Å². The van der Waals surface area contributed by atoms with Crippen LogP contribution in [-0.2, 0) is 32.3 Å². The molecule has 0 aliphatic rings. The highest BCUT2D eigenvalue weighted by Crippen LogP contribution is 2.37. The van der Waals surface area contributed by atoms with Gasteiger partial charge in [-0.25, -0.2) is 9.59 Å². The average molecular weight is 1310 g/mol. The Kier molecular flexibility index (Phi) is 17.9. The van der Waals surface area contributed by atoms with Gasteiger partial charge in [0, 0.05) is 64.2 Å². The van der Waals surface area contributed by atoms with Gasteiger partial charge in [0.1, 0.15) is 0 Å². The largest absolute Gasteiger partial charge is 0.478 e. The number of unbranched alkanes of at least 4 members (excludes halogenated alkanes) is 1. The molecule has 250 valence electrons. The number of aromatic carboxylic acids is 2. The lowest BCUT2D eigenvalue weighted by Gasteiger charge is -2.19. The summed E-state index contributed by atoms with van der Waals surface area (Å²) >= 11 is 11.7. The molecule has 0 spiro atoms. The minimum atomic E-state index is -1.15. The van der Waals surface area contributed by atoms with Gasteiger partial charge >= 0.3 is 11.9 Å². The maximum absolute atomic E-state index is 12.9. The molecule has 6 N–H and O–H groups in total. The molecule has 0 unspecified atom stereocenters. The number of benzene rings is 2. The topological polar surface area (TPSA) is 191 Å². The van der Waals surface area contributed by atoms with Gasteiger partial charge in [0.05, 0.1) is 29.6 Å². The van der Waals surface area contributed by atoms with Gasteiger partial charge in [-0.3, -0.25) is 19.2 Å². The number of halogens is 6. The Labute approximate surface area is 347 Å². The van der Waals surface area contributed by atoms with Crippen LogP contribution in [0.15, 0.2) is 0 Å². The number of hydrogen-bond acceptors (Lipinski definition) is 6. The van der Waals surface area contributed by atoms with E-state index in [1.54, 1.807) is 13.8 Å². The normalized spacial score (nSPS) is 10.7. The predicted octanol–water partition coefficient (Wildman–Crippen LogP) is 6.90. The molecule has 0 atom stereocenters. The summed E-state index contributed by atoms with van der Waals surface area (Å²) in [6, 6.07) is 0. The molecule has 2 aromatic carbocycles. The highest BCUT2D eigenvalue weighted by Gasteiger charge is 2.27. The molecule has 2 rings (SSSR count). The minimum absolute atomic E-state index is 0.0381. The van der Waals surface area contributed by atoms with Crippen LogP contribution in [-0.4, -0.2) is 45.8 Å². The summed E-state index contributed by atoms with van der Waals surface area (Å²) in [7, 11) is 0. The summed E-state index contributed by atoms with van der Waals surface area (Å²) in [6.07, 6.45) is 1.40. The first-order chi connectivity index (χ1) is 21.6. The van der Waals surface area contributed by atoms with Gasteiger partial charge in [0.25, 0.3) is 0 Å². The van der Waals surface area contributed by atoms with E-state index in [1.807, 2.05) is 136 Å². The SMILES string of the molecule is CCC(=O)NCc1c(I)c(NC(=O)CCCCC(=O)Nc2c(I)c(CNC(=O)CC)c(I)c(C(=O)O)c2I)c(I)c(C(=O)O)c1I.